The average Bonchev–Trinajstić information content (AvgIpc) is 2.81. The van der Waals surface area contributed by atoms with Crippen LogP contribution >= 0.6 is 11.6 Å². The number of aromatic nitrogens is 2. The Hall–Kier alpha value is -3.90. The van der Waals surface area contributed by atoms with Crippen molar-refractivity contribution >= 4 is 29.1 Å². The summed E-state index contributed by atoms with van der Waals surface area (Å²) in [6.45, 7) is 5.28. The molecular formula is C27H24ClN3O3. The minimum atomic E-state index is -1.01. The molecule has 0 aliphatic carbocycles. The molecule has 2 aromatic carbocycles. The lowest BCUT2D eigenvalue weighted by Crippen LogP contribution is -2.28. The number of hydrogen-bond donors (Lipinski definition) is 2. The van der Waals surface area contributed by atoms with Gasteiger partial charge in [0, 0.05) is 34.2 Å². The lowest BCUT2D eigenvalue weighted by Gasteiger charge is -2.20. The number of nitrogens with one attached hydrogen (secondary N) is 1. The van der Waals surface area contributed by atoms with Crippen LogP contribution < -0.4 is 10.1 Å². The first-order valence-corrected chi connectivity index (χ1v) is 11.1. The summed E-state index contributed by atoms with van der Waals surface area (Å²) in [7, 11) is 0. The van der Waals surface area contributed by atoms with Crippen LogP contribution in [0.15, 0.2) is 79.0 Å². The largest absolute Gasteiger partial charge is 0.481 e. The van der Waals surface area contributed by atoms with E-state index >= 15 is 0 Å². The number of rotatable bonds is 7. The predicted octanol–water partition coefficient (Wildman–Crippen LogP) is 7.00. The van der Waals surface area contributed by atoms with E-state index in [-0.39, 0.29) is 0 Å². The average molecular weight is 474 g/mol. The number of halogens is 1. The number of carbonyl (C=O) groups is 1. The Morgan fingerprint density at radius 3 is 2.53 bits per heavy atom. The van der Waals surface area contributed by atoms with Crippen LogP contribution in [0.3, 0.4) is 0 Å². The molecule has 0 atom stereocenters. The van der Waals surface area contributed by atoms with Crippen LogP contribution in [-0.4, -0.2) is 21.0 Å². The normalized spacial score (nSPS) is 11.2. The first kappa shape index (κ1) is 23.3. The molecule has 0 aliphatic heterocycles. The van der Waals surface area contributed by atoms with Crippen molar-refractivity contribution in [1.29, 1.82) is 0 Å². The zero-order chi connectivity index (χ0) is 24.3. The molecule has 2 aromatic heterocycles. The molecular weight excluding hydrogens is 450 g/mol. The van der Waals surface area contributed by atoms with E-state index in [4.69, 9.17) is 16.3 Å². The SMILES string of the molecule is Cc1ccc(Oc2ccnc(Nc3cccc(C(C)(C)C(=O)O)c3)c2)c(-c2ccc(Cl)cc2)n1. The molecule has 4 rings (SSSR count). The van der Waals surface area contributed by atoms with Crippen molar-refractivity contribution in [3.63, 3.8) is 0 Å². The van der Waals surface area contributed by atoms with Crippen molar-refractivity contribution < 1.29 is 14.6 Å². The molecule has 0 saturated carbocycles. The van der Waals surface area contributed by atoms with E-state index < -0.39 is 11.4 Å². The highest BCUT2D eigenvalue weighted by Crippen LogP contribution is 2.34. The number of aryl methyl sites for hydroxylation is 1. The number of ether oxygens (including phenoxy) is 1. The van der Waals surface area contributed by atoms with Crippen molar-refractivity contribution in [2.24, 2.45) is 0 Å². The fourth-order valence-corrected chi connectivity index (χ4v) is 3.49. The zero-order valence-electron chi connectivity index (χ0n) is 19.0. The minimum Gasteiger partial charge on any atom is -0.481 e. The second kappa shape index (κ2) is 9.53. The molecule has 0 unspecified atom stereocenters. The van der Waals surface area contributed by atoms with Crippen LogP contribution in [0.5, 0.6) is 11.5 Å². The highest BCUT2D eigenvalue weighted by atomic mass is 35.5. The Labute approximate surface area is 203 Å². The van der Waals surface area contributed by atoms with E-state index in [9.17, 15) is 9.90 Å². The molecule has 172 valence electrons. The van der Waals surface area contributed by atoms with Gasteiger partial charge in [0.25, 0.3) is 0 Å². The third-order valence-electron chi connectivity index (χ3n) is 5.47. The predicted molar refractivity (Wildman–Crippen MR) is 134 cm³/mol. The van der Waals surface area contributed by atoms with Gasteiger partial charge in [-0.15, -0.1) is 0 Å². The van der Waals surface area contributed by atoms with Gasteiger partial charge in [0.1, 0.15) is 17.3 Å². The van der Waals surface area contributed by atoms with Crippen molar-refractivity contribution in [1.82, 2.24) is 9.97 Å². The van der Waals surface area contributed by atoms with Crippen molar-refractivity contribution in [3.8, 4) is 22.8 Å². The van der Waals surface area contributed by atoms with Crippen LogP contribution in [0.4, 0.5) is 11.5 Å². The third kappa shape index (κ3) is 5.18. The molecule has 0 spiro atoms. The highest BCUT2D eigenvalue weighted by molar-refractivity contribution is 6.30. The maximum atomic E-state index is 11.6. The quantitative estimate of drug-likeness (QED) is 0.300. The number of hydrogen-bond acceptors (Lipinski definition) is 5. The number of carboxylic acid groups (broad SMARTS) is 1. The first-order valence-electron chi connectivity index (χ1n) is 10.7. The molecule has 0 aliphatic rings. The Balaban J connectivity index is 1.59. The first-order chi connectivity index (χ1) is 16.2. The van der Waals surface area contributed by atoms with E-state index in [2.05, 4.69) is 15.3 Å². The summed E-state index contributed by atoms with van der Waals surface area (Å²) in [4.78, 5) is 20.6. The fourth-order valence-electron chi connectivity index (χ4n) is 3.37. The van der Waals surface area contributed by atoms with E-state index in [1.54, 1.807) is 38.2 Å². The molecule has 7 heteroatoms. The maximum absolute atomic E-state index is 11.6. The van der Waals surface area contributed by atoms with Gasteiger partial charge in [-0.2, -0.15) is 0 Å². The van der Waals surface area contributed by atoms with Gasteiger partial charge in [0.2, 0.25) is 0 Å². The van der Waals surface area contributed by atoms with Gasteiger partial charge in [-0.1, -0.05) is 35.9 Å². The lowest BCUT2D eigenvalue weighted by atomic mass is 9.84. The Morgan fingerprint density at radius 1 is 1.03 bits per heavy atom. The van der Waals surface area contributed by atoms with Gasteiger partial charge >= 0.3 is 5.97 Å². The van der Waals surface area contributed by atoms with Gasteiger partial charge in [0.15, 0.2) is 5.75 Å². The van der Waals surface area contributed by atoms with Crippen LogP contribution in [0.1, 0.15) is 25.1 Å². The molecule has 6 nitrogen and oxygen atoms in total. The zero-order valence-corrected chi connectivity index (χ0v) is 19.8. The summed E-state index contributed by atoms with van der Waals surface area (Å²) >= 11 is 6.04. The lowest BCUT2D eigenvalue weighted by molar-refractivity contribution is -0.142. The smallest absolute Gasteiger partial charge is 0.313 e. The van der Waals surface area contributed by atoms with Gasteiger partial charge < -0.3 is 15.2 Å². The second-order valence-electron chi connectivity index (χ2n) is 8.42. The summed E-state index contributed by atoms with van der Waals surface area (Å²) in [5.41, 5.74) is 2.90. The van der Waals surface area contributed by atoms with E-state index in [1.165, 1.54) is 0 Å². The highest BCUT2D eigenvalue weighted by Gasteiger charge is 2.29. The van der Waals surface area contributed by atoms with Crippen LogP contribution in [0.2, 0.25) is 5.02 Å². The maximum Gasteiger partial charge on any atom is 0.313 e. The molecule has 34 heavy (non-hydrogen) atoms. The van der Waals surface area contributed by atoms with Gasteiger partial charge in [-0.3, -0.25) is 4.79 Å². The fraction of sp³-hybridized carbons (Fsp3) is 0.148. The Kier molecular flexibility index (Phi) is 6.52. The van der Waals surface area contributed by atoms with Crippen LogP contribution in [-0.2, 0) is 10.2 Å². The number of aliphatic carboxylic acids is 1. The van der Waals surface area contributed by atoms with Crippen molar-refractivity contribution in [2.45, 2.75) is 26.2 Å². The summed E-state index contributed by atoms with van der Waals surface area (Å²) in [5, 5.41) is 13.4. The molecule has 0 fully saturated rings. The number of pyridine rings is 2. The monoisotopic (exact) mass is 473 g/mol. The Bertz CT molecular complexity index is 1340. The van der Waals surface area contributed by atoms with Gasteiger partial charge in [-0.25, -0.2) is 9.97 Å². The van der Waals surface area contributed by atoms with Gasteiger partial charge in [0.05, 0.1) is 5.41 Å². The molecule has 2 N–H and O–H groups in total. The standard InChI is InChI=1S/C27H24ClN3O3/c1-17-7-12-23(25(30-17)18-8-10-20(28)11-9-18)34-22-13-14-29-24(16-22)31-21-6-4-5-19(15-21)27(2,3)26(32)33/h4-16H,1-3H3,(H,29,31)(H,32,33). The second-order valence-corrected chi connectivity index (χ2v) is 8.86. The summed E-state index contributed by atoms with van der Waals surface area (Å²) in [6.07, 6.45) is 1.65. The molecule has 0 saturated heterocycles. The number of carboxylic acids is 1. The Morgan fingerprint density at radius 2 is 1.79 bits per heavy atom. The van der Waals surface area contributed by atoms with E-state index in [0.29, 0.717) is 33.6 Å². The topological polar surface area (TPSA) is 84.3 Å². The molecule has 0 bridgehead atoms. The van der Waals surface area contributed by atoms with Crippen molar-refractivity contribution in [3.05, 3.63) is 95.3 Å². The molecule has 0 amide bonds. The van der Waals surface area contributed by atoms with E-state index in [1.807, 2.05) is 61.5 Å². The van der Waals surface area contributed by atoms with E-state index in [0.717, 1.165) is 16.9 Å². The number of benzene rings is 2. The summed E-state index contributed by atoms with van der Waals surface area (Å²) in [6, 6.07) is 22.1. The summed E-state index contributed by atoms with van der Waals surface area (Å²) in [5.74, 6) is 0.868. The summed E-state index contributed by atoms with van der Waals surface area (Å²) < 4.78 is 6.18. The van der Waals surface area contributed by atoms with Crippen LogP contribution in [0.25, 0.3) is 11.3 Å². The molecule has 2 heterocycles. The van der Waals surface area contributed by atoms with Crippen molar-refractivity contribution in [2.75, 3.05) is 5.32 Å². The van der Waals surface area contributed by atoms with Gasteiger partial charge in [-0.05, 0) is 68.8 Å². The number of anilines is 2. The molecule has 4 aromatic rings. The third-order valence-corrected chi connectivity index (χ3v) is 5.72. The van der Waals surface area contributed by atoms with Crippen LogP contribution in [0, 0.1) is 6.92 Å². The molecule has 0 radical (unpaired) electrons. The minimum absolute atomic E-state index is 0.566. The number of nitrogens with zero attached hydrogens (tertiary/aromatic N) is 2.